The van der Waals surface area contributed by atoms with E-state index in [4.69, 9.17) is 14.2 Å². The number of carbonyl (C=O) groups excluding carboxylic acids is 1. The molecule has 0 saturated carbocycles. The molecule has 1 aliphatic rings. The molecule has 0 aromatic heterocycles. The molecular formula is C13H22O7. The van der Waals surface area contributed by atoms with Crippen molar-refractivity contribution in [2.75, 3.05) is 13.2 Å². The van der Waals surface area contributed by atoms with Crippen molar-refractivity contribution in [1.82, 2.24) is 0 Å². The minimum atomic E-state index is -1.42. The molecule has 20 heavy (non-hydrogen) atoms. The van der Waals surface area contributed by atoms with Gasteiger partial charge in [0.2, 0.25) is 0 Å². The molecule has 0 aliphatic carbocycles. The first-order valence-corrected chi connectivity index (χ1v) is 6.53. The van der Waals surface area contributed by atoms with Crippen LogP contribution in [-0.2, 0) is 19.0 Å². The lowest BCUT2D eigenvalue weighted by Crippen LogP contribution is -2.59. The van der Waals surface area contributed by atoms with Crippen molar-refractivity contribution in [1.29, 1.82) is 0 Å². The van der Waals surface area contributed by atoms with Gasteiger partial charge in [-0.05, 0) is 12.8 Å². The SMILES string of the molecule is C=CCCCO[C@@H]1OC(COC(C)=O)[C@H](O)C(O)[C@@H]1O. The maximum absolute atomic E-state index is 10.8. The van der Waals surface area contributed by atoms with Crippen LogP contribution >= 0.6 is 0 Å². The Labute approximate surface area is 117 Å². The van der Waals surface area contributed by atoms with Gasteiger partial charge in [-0.1, -0.05) is 6.08 Å². The van der Waals surface area contributed by atoms with Crippen LogP contribution in [0.25, 0.3) is 0 Å². The molecule has 0 amide bonds. The predicted molar refractivity (Wildman–Crippen MR) is 68.7 cm³/mol. The molecule has 116 valence electrons. The standard InChI is InChI=1S/C13H22O7/c1-3-4-5-6-18-13-12(17)11(16)10(15)9(20-13)7-19-8(2)14/h3,9-13,15-17H,1,4-7H2,2H3/t9?,10-,11?,12-,13+/m0/s1. The number of hydrogen-bond donors (Lipinski definition) is 3. The van der Waals surface area contributed by atoms with Crippen LogP contribution in [0.3, 0.4) is 0 Å². The maximum Gasteiger partial charge on any atom is 0.302 e. The molecule has 0 aromatic carbocycles. The summed E-state index contributed by atoms with van der Waals surface area (Å²) >= 11 is 0. The van der Waals surface area contributed by atoms with Gasteiger partial charge in [0.1, 0.15) is 31.0 Å². The summed E-state index contributed by atoms with van der Waals surface area (Å²) in [5, 5.41) is 29.3. The third-order valence-corrected chi connectivity index (χ3v) is 2.95. The third kappa shape index (κ3) is 4.84. The first-order valence-electron chi connectivity index (χ1n) is 6.53. The second kappa shape index (κ2) is 8.33. The number of carbonyl (C=O) groups is 1. The first kappa shape index (κ1) is 17.1. The summed E-state index contributed by atoms with van der Waals surface area (Å²) in [6.45, 7) is 4.90. The summed E-state index contributed by atoms with van der Waals surface area (Å²) in [7, 11) is 0. The lowest BCUT2D eigenvalue weighted by Gasteiger charge is -2.39. The lowest BCUT2D eigenvalue weighted by atomic mass is 9.99. The number of ether oxygens (including phenoxy) is 3. The van der Waals surface area contributed by atoms with Crippen LogP contribution in [0.5, 0.6) is 0 Å². The molecule has 1 aliphatic heterocycles. The number of rotatable bonds is 7. The zero-order chi connectivity index (χ0) is 15.1. The van der Waals surface area contributed by atoms with E-state index in [1.54, 1.807) is 6.08 Å². The minimum Gasteiger partial charge on any atom is -0.463 e. The molecule has 2 unspecified atom stereocenters. The van der Waals surface area contributed by atoms with Crippen molar-refractivity contribution in [2.45, 2.75) is 50.5 Å². The van der Waals surface area contributed by atoms with E-state index in [1.165, 1.54) is 6.92 Å². The normalized spacial score (nSPS) is 33.7. The molecule has 5 atom stereocenters. The smallest absolute Gasteiger partial charge is 0.302 e. The minimum absolute atomic E-state index is 0.215. The van der Waals surface area contributed by atoms with E-state index in [2.05, 4.69) is 6.58 Å². The number of allylic oxidation sites excluding steroid dienone is 1. The Hall–Kier alpha value is -0.990. The predicted octanol–water partition coefficient (Wildman–Crippen LogP) is -0.660. The van der Waals surface area contributed by atoms with E-state index in [-0.39, 0.29) is 6.61 Å². The Kier molecular flexibility index (Phi) is 7.11. The Morgan fingerprint density at radius 1 is 1.30 bits per heavy atom. The highest BCUT2D eigenvalue weighted by atomic mass is 16.7. The van der Waals surface area contributed by atoms with Crippen molar-refractivity contribution in [3.05, 3.63) is 12.7 Å². The summed E-state index contributed by atoms with van der Waals surface area (Å²) in [5.74, 6) is -0.523. The van der Waals surface area contributed by atoms with Crippen LogP contribution in [0.4, 0.5) is 0 Å². The number of aliphatic hydroxyl groups excluding tert-OH is 3. The van der Waals surface area contributed by atoms with Gasteiger partial charge in [0.05, 0.1) is 6.61 Å². The Morgan fingerprint density at radius 3 is 2.60 bits per heavy atom. The average Bonchev–Trinajstić information content (AvgIpc) is 2.41. The summed E-state index contributed by atoms with van der Waals surface area (Å²) in [4.78, 5) is 10.8. The van der Waals surface area contributed by atoms with Gasteiger partial charge >= 0.3 is 5.97 Å². The van der Waals surface area contributed by atoms with Crippen LogP contribution in [0, 0.1) is 0 Å². The van der Waals surface area contributed by atoms with Crippen LogP contribution in [0.2, 0.25) is 0 Å². The van der Waals surface area contributed by atoms with Gasteiger partial charge in [-0.25, -0.2) is 0 Å². The highest BCUT2D eigenvalue weighted by Gasteiger charge is 2.44. The second-order valence-electron chi connectivity index (χ2n) is 4.62. The van der Waals surface area contributed by atoms with E-state index in [1.807, 2.05) is 0 Å². The van der Waals surface area contributed by atoms with Crippen LogP contribution in [-0.4, -0.2) is 65.2 Å². The molecule has 1 heterocycles. The zero-order valence-electron chi connectivity index (χ0n) is 11.5. The van der Waals surface area contributed by atoms with Gasteiger partial charge in [-0.15, -0.1) is 6.58 Å². The highest BCUT2D eigenvalue weighted by Crippen LogP contribution is 2.22. The Balaban J connectivity index is 2.51. The van der Waals surface area contributed by atoms with Gasteiger partial charge in [0, 0.05) is 6.92 Å². The Morgan fingerprint density at radius 2 is 2.00 bits per heavy atom. The topological polar surface area (TPSA) is 105 Å². The van der Waals surface area contributed by atoms with Crippen LogP contribution in [0.1, 0.15) is 19.8 Å². The van der Waals surface area contributed by atoms with Gasteiger partial charge < -0.3 is 29.5 Å². The molecule has 7 heteroatoms. The molecule has 0 radical (unpaired) electrons. The van der Waals surface area contributed by atoms with Crippen molar-refractivity contribution < 1.29 is 34.3 Å². The maximum atomic E-state index is 10.8. The highest BCUT2D eigenvalue weighted by molar-refractivity contribution is 5.65. The fourth-order valence-electron chi connectivity index (χ4n) is 1.82. The molecule has 1 fully saturated rings. The molecule has 0 aromatic rings. The molecule has 3 N–H and O–H groups in total. The number of unbranched alkanes of at least 4 members (excludes halogenated alkanes) is 1. The van der Waals surface area contributed by atoms with Gasteiger partial charge in [-0.2, -0.15) is 0 Å². The van der Waals surface area contributed by atoms with E-state index in [9.17, 15) is 20.1 Å². The molecular weight excluding hydrogens is 268 g/mol. The molecule has 1 saturated heterocycles. The van der Waals surface area contributed by atoms with Crippen LogP contribution < -0.4 is 0 Å². The summed E-state index contributed by atoms with van der Waals surface area (Å²) in [5.41, 5.74) is 0. The van der Waals surface area contributed by atoms with Gasteiger partial charge in [0.25, 0.3) is 0 Å². The lowest BCUT2D eigenvalue weighted by molar-refractivity contribution is -0.301. The fourth-order valence-corrected chi connectivity index (χ4v) is 1.82. The van der Waals surface area contributed by atoms with Gasteiger partial charge in [0.15, 0.2) is 6.29 Å². The summed E-state index contributed by atoms with van der Waals surface area (Å²) in [6.07, 6.45) is -2.95. The largest absolute Gasteiger partial charge is 0.463 e. The summed E-state index contributed by atoms with van der Waals surface area (Å²) < 4.78 is 15.4. The van der Waals surface area contributed by atoms with Crippen molar-refractivity contribution in [3.8, 4) is 0 Å². The summed E-state index contributed by atoms with van der Waals surface area (Å²) in [6, 6.07) is 0. The van der Waals surface area contributed by atoms with Crippen molar-refractivity contribution in [2.24, 2.45) is 0 Å². The quantitative estimate of drug-likeness (QED) is 0.325. The third-order valence-electron chi connectivity index (χ3n) is 2.95. The number of esters is 1. The molecule has 1 rings (SSSR count). The molecule has 0 bridgehead atoms. The first-order chi connectivity index (χ1) is 9.47. The van der Waals surface area contributed by atoms with Crippen LogP contribution in [0.15, 0.2) is 12.7 Å². The van der Waals surface area contributed by atoms with Gasteiger partial charge in [-0.3, -0.25) is 4.79 Å². The molecule has 0 spiro atoms. The average molecular weight is 290 g/mol. The monoisotopic (exact) mass is 290 g/mol. The Bertz CT molecular complexity index is 320. The fraction of sp³-hybridized carbons (Fsp3) is 0.769. The molecule has 7 nitrogen and oxygen atoms in total. The van der Waals surface area contributed by atoms with E-state index >= 15 is 0 Å². The van der Waals surface area contributed by atoms with E-state index in [0.29, 0.717) is 13.0 Å². The number of aliphatic hydroxyl groups is 3. The number of hydrogen-bond acceptors (Lipinski definition) is 7. The van der Waals surface area contributed by atoms with Crippen molar-refractivity contribution >= 4 is 5.97 Å². The van der Waals surface area contributed by atoms with E-state index in [0.717, 1.165) is 6.42 Å². The van der Waals surface area contributed by atoms with Crippen molar-refractivity contribution in [3.63, 3.8) is 0 Å². The second-order valence-corrected chi connectivity index (χ2v) is 4.62. The zero-order valence-corrected chi connectivity index (χ0v) is 11.5. The van der Waals surface area contributed by atoms with E-state index < -0.39 is 36.7 Å².